The minimum absolute atomic E-state index is 0.0471. The average molecular weight is 339 g/mol. The number of allylic oxidation sites excluding steroid dienone is 1. The molecule has 2 aromatic rings. The molecule has 1 aliphatic rings. The lowest BCUT2D eigenvalue weighted by molar-refractivity contribution is -0.116. The zero-order valence-electron chi connectivity index (χ0n) is 14.6. The molecule has 1 saturated heterocycles. The summed E-state index contributed by atoms with van der Waals surface area (Å²) >= 11 is 0. The SMILES string of the molecule is CC1(C=CC(=O)NCCn2cncc2-c2ccccc2)CCOCC1. The number of ether oxygens (including phenoxy) is 1. The highest BCUT2D eigenvalue weighted by molar-refractivity contribution is 5.87. The Bertz CT molecular complexity index is 716. The van der Waals surface area contributed by atoms with Gasteiger partial charge < -0.3 is 14.6 Å². The molecule has 0 bridgehead atoms. The first kappa shape index (κ1) is 17.4. The Kier molecular flexibility index (Phi) is 5.66. The van der Waals surface area contributed by atoms with Gasteiger partial charge in [-0.25, -0.2) is 4.98 Å². The van der Waals surface area contributed by atoms with Crippen LogP contribution in [0.3, 0.4) is 0 Å². The lowest BCUT2D eigenvalue weighted by Gasteiger charge is -2.30. The number of hydrogen-bond acceptors (Lipinski definition) is 3. The van der Waals surface area contributed by atoms with Crippen LogP contribution in [-0.4, -0.2) is 35.2 Å². The van der Waals surface area contributed by atoms with Gasteiger partial charge in [0.25, 0.3) is 0 Å². The van der Waals surface area contributed by atoms with Gasteiger partial charge >= 0.3 is 0 Å². The van der Waals surface area contributed by atoms with Gasteiger partial charge in [-0.2, -0.15) is 0 Å². The van der Waals surface area contributed by atoms with Gasteiger partial charge in [-0.3, -0.25) is 4.79 Å². The summed E-state index contributed by atoms with van der Waals surface area (Å²) < 4.78 is 7.44. The molecule has 132 valence electrons. The molecule has 1 N–H and O–H groups in total. The second kappa shape index (κ2) is 8.12. The zero-order chi connectivity index (χ0) is 17.5. The van der Waals surface area contributed by atoms with Crippen LogP contribution in [0.4, 0.5) is 0 Å². The predicted octanol–water partition coefficient (Wildman–Crippen LogP) is 3.04. The van der Waals surface area contributed by atoms with Crippen molar-refractivity contribution in [1.82, 2.24) is 14.9 Å². The monoisotopic (exact) mass is 339 g/mol. The topological polar surface area (TPSA) is 56.2 Å². The molecule has 2 heterocycles. The van der Waals surface area contributed by atoms with E-state index in [0.29, 0.717) is 13.1 Å². The fraction of sp³-hybridized carbons (Fsp3) is 0.400. The minimum atomic E-state index is -0.0471. The number of benzene rings is 1. The third kappa shape index (κ3) is 4.79. The van der Waals surface area contributed by atoms with Crippen LogP contribution in [0.15, 0.2) is 55.0 Å². The second-order valence-corrected chi connectivity index (χ2v) is 6.73. The lowest BCUT2D eigenvalue weighted by Crippen LogP contribution is -2.28. The smallest absolute Gasteiger partial charge is 0.243 e. The number of carbonyl (C=O) groups is 1. The maximum Gasteiger partial charge on any atom is 0.243 e. The van der Waals surface area contributed by atoms with E-state index in [-0.39, 0.29) is 11.3 Å². The van der Waals surface area contributed by atoms with Gasteiger partial charge in [-0.05, 0) is 29.9 Å². The van der Waals surface area contributed by atoms with E-state index in [1.54, 1.807) is 12.4 Å². The highest BCUT2D eigenvalue weighted by Gasteiger charge is 2.24. The molecule has 0 atom stereocenters. The Morgan fingerprint density at radius 2 is 2.08 bits per heavy atom. The molecule has 5 nitrogen and oxygen atoms in total. The fourth-order valence-corrected chi connectivity index (χ4v) is 2.99. The van der Waals surface area contributed by atoms with Crippen molar-refractivity contribution in [3.05, 3.63) is 55.0 Å². The molecular weight excluding hydrogens is 314 g/mol. The maximum absolute atomic E-state index is 12.1. The number of nitrogens with one attached hydrogen (secondary N) is 1. The summed E-state index contributed by atoms with van der Waals surface area (Å²) in [4.78, 5) is 16.3. The van der Waals surface area contributed by atoms with Gasteiger partial charge in [-0.15, -0.1) is 0 Å². The first-order valence-corrected chi connectivity index (χ1v) is 8.77. The summed E-state index contributed by atoms with van der Waals surface area (Å²) in [5.74, 6) is -0.0471. The van der Waals surface area contributed by atoms with Crippen LogP contribution >= 0.6 is 0 Å². The second-order valence-electron chi connectivity index (χ2n) is 6.73. The van der Waals surface area contributed by atoms with Gasteiger partial charge in [0.1, 0.15) is 0 Å². The van der Waals surface area contributed by atoms with E-state index in [0.717, 1.165) is 37.3 Å². The molecule has 1 aliphatic heterocycles. The Labute approximate surface area is 148 Å². The summed E-state index contributed by atoms with van der Waals surface area (Å²) in [7, 11) is 0. The van der Waals surface area contributed by atoms with Gasteiger partial charge in [0, 0.05) is 26.3 Å². The Morgan fingerprint density at radius 1 is 1.32 bits per heavy atom. The Morgan fingerprint density at radius 3 is 2.84 bits per heavy atom. The molecule has 3 rings (SSSR count). The van der Waals surface area contributed by atoms with Gasteiger partial charge in [0.05, 0.1) is 18.2 Å². The Balaban J connectivity index is 1.50. The number of nitrogens with zero attached hydrogens (tertiary/aromatic N) is 2. The number of rotatable bonds is 6. The quantitative estimate of drug-likeness (QED) is 0.823. The standard InChI is InChI=1S/C20H25N3O2/c1-20(9-13-25-14-10-20)8-7-19(24)22-11-12-23-16-21-15-18(23)17-5-3-2-4-6-17/h2-8,15-16H,9-14H2,1H3,(H,22,24). The first-order chi connectivity index (χ1) is 12.2. The highest BCUT2D eigenvalue weighted by atomic mass is 16.5. The molecule has 1 amide bonds. The van der Waals surface area contributed by atoms with Gasteiger partial charge in [0.2, 0.25) is 5.91 Å². The normalized spacial score (nSPS) is 16.8. The van der Waals surface area contributed by atoms with Crippen LogP contribution in [0.1, 0.15) is 19.8 Å². The molecule has 0 spiro atoms. The number of imidazole rings is 1. The summed E-state index contributed by atoms with van der Waals surface area (Å²) in [6.45, 7) is 4.97. The van der Waals surface area contributed by atoms with Gasteiger partial charge in [0.15, 0.2) is 0 Å². The zero-order valence-corrected chi connectivity index (χ0v) is 14.6. The molecule has 25 heavy (non-hydrogen) atoms. The van der Waals surface area contributed by atoms with Crippen LogP contribution in [0.25, 0.3) is 11.3 Å². The molecule has 5 heteroatoms. The van der Waals surface area contributed by atoms with E-state index in [4.69, 9.17) is 4.74 Å². The van der Waals surface area contributed by atoms with E-state index in [1.165, 1.54) is 0 Å². The van der Waals surface area contributed by atoms with Gasteiger partial charge in [-0.1, -0.05) is 43.3 Å². The first-order valence-electron chi connectivity index (χ1n) is 8.77. The van der Waals surface area contributed by atoms with Crippen LogP contribution < -0.4 is 5.32 Å². The Hall–Kier alpha value is -2.40. The molecule has 1 aromatic heterocycles. The fourth-order valence-electron chi connectivity index (χ4n) is 2.99. The van der Waals surface area contributed by atoms with Crippen molar-refractivity contribution in [2.45, 2.75) is 26.3 Å². The van der Waals surface area contributed by atoms with E-state index in [9.17, 15) is 4.79 Å². The van der Waals surface area contributed by atoms with Crippen molar-refractivity contribution in [2.24, 2.45) is 5.41 Å². The molecule has 0 aliphatic carbocycles. The summed E-state index contributed by atoms with van der Waals surface area (Å²) in [5.41, 5.74) is 2.25. The lowest BCUT2D eigenvalue weighted by atomic mass is 9.82. The molecule has 0 radical (unpaired) electrons. The predicted molar refractivity (Wildman–Crippen MR) is 98.0 cm³/mol. The molecule has 0 saturated carbocycles. The largest absolute Gasteiger partial charge is 0.381 e. The third-order valence-electron chi connectivity index (χ3n) is 4.71. The van der Waals surface area contributed by atoms with Crippen LogP contribution in [-0.2, 0) is 16.1 Å². The number of hydrogen-bond donors (Lipinski definition) is 1. The molecule has 0 unspecified atom stereocenters. The van der Waals surface area contributed by atoms with Crippen molar-refractivity contribution in [3.63, 3.8) is 0 Å². The van der Waals surface area contributed by atoms with E-state index < -0.39 is 0 Å². The van der Waals surface area contributed by atoms with E-state index in [1.807, 2.05) is 30.5 Å². The van der Waals surface area contributed by atoms with Crippen LogP contribution in [0.5, 0.6) is 0 Å². The van der Waals surface area contributed by atoms with Crippen molar-refractivity contribution in [1.29, 1.82) is 0 Å². The van der Waals surface area contributed by atoms with Crippen LogP contribution in [0, 0.1) is 5.41 Å². The van der Waals surface area contributed by atoms with Crippen molar-refractivity contribution in [2.75, 3.05) is 19.8 Å². The molecule has 1 fully saturated rings. The van der Waals surface area contributed by atoms with E-state index in [2.05, 4.69) is 33.9 Å². The van der Waals surface area contributed by atoms with Crippen molar-refractivity contribution >= 4 is 5.91 Å². The molecular formula is C20H25N3O2. The third-order valence-corrected chi connectivity index (χ3v) is 4.71. The summed E-state index contributed by atoms with van der Waals surface area (Å²) in [6.07, 6.45) is 9.27. The molecule has 1 aromatic carbocycles. The van der Waals surface area contributed by atoms with Crippen molar-refractivity contribution < 1.29 is 9.53 Å². The van der Waals surface area contributed by atoms with E-state index >= 15 is 0 Å². The summed E-state index contributed by atoms with van der Waals surface area (Å²) in [6, 6.07) is 10.1. The maximum atomic E-state index is 12.1. The summed E-state index contributed by atoms with van der Waals surface area (Å²) in [5, 5.41) is 2.95. The average Bonchev–Trinajstić information content (AvgIpc) is 3.10. The van der Waals surface area contributed by atoms with Crippen LogP contribution in [0.2, 0.25) is 0 Å². The number of aromatic nitrogens is 2. The number of carbonyl (C=O) groups excluding carboxylic acids is 1. The van der Waals surface area contributed by atoms with Crippen molar-refractivity contribution in [3.8, 4) is 11.3 Å². The highest BCUT2D eigenvalue weighted by Crippen LogP contribution is 2.30. The number of amides is 1. The minimum Gasteiger partial charge on any atom is -0.381 e.